The molecule has 1 aromatic carbocycles. The SMILES string of the molecule is COCC(N)C(=O)NCc1cccc(C(F)(F)F)c1. The fourth-order valence-electron chi connectivity index (χ4n) is 1.43. The number of amides is 1. The first-order valence-electron chi connectivity index (χ1n) is 5.53. The molecule has 0 bridgehead atoms. The summed E-state index contributed by atoms with van der Waals surface area (Å²) in [6.45, 7) is 0.0363. The molecule has 0 saturated carbocycles. The third-order valence-electron chi connectivity index (χ3n) is 2.40. The van der Waals surface area contributed by atoms with Gasteiger partial charge in [0.2, 0.25) is 5.91 Å². The maximum Gasteiger partial charge on any atom is 0.416 e. The minimum atomic E-state index is -4.40. The minimum absolute atomic E-state index is 0.0137. The average Bonchev–Trinajstić information content (AvgIpc) is 2.35. The number of halogens is 3. The van der Waals surface area contributed by atoms with Crippen LogP contribution in [0.5, 0.6) is 0 Å². The molecule has 1 amide bonds. The molecule has 1 unspecified atom stereocenters. The van der Waals surface area contributed by atoms with Crippen LogP contribution in [0.3, 0.4) is 0 Å². The second-order valence-electron chi connectivity index (χ2n) is 3.98. The molecule has 3 N–H and O–H groups in total. The van der Waals surface area contributed by atoms with E-state index in [4.69, 9.17) is 10.5 Å². The Labute approximate surface area is 108 Å². The molecular formula is C12H15F3N2O2. The van der Waals surface area contributed by atoms with Crippen molar-refractivity contribution >= 4 is 5.91 Å². The predicted octanol–water partition coefficient (Wildman–Crippen LogP) is 1.30. The molecule has 0 aliphatic carbocycles. The lowest BCUT2D eigenvalue weighted by Gasteiger charge is -2.12. The van der Waals surface area contributed by atoms with Crippen LogP contribution in [0.25, 0.3) is 0 Å². The van der Waals surface area contributed by atoms with Crippen molar-refractivity contribution in [1.82, 2.24) is 5.32 Å². The number of carbonyl (C=O) groups is 1. The van der Waals surface area contributed by atoms with Crippen LogP contribution in [-0.4, -0.2) is 25.7 Å². The molecular weight excluding hydrogens is 261 g/mol. The van der Waals surface area contributed by atoms with Crippen molar-refractivity contribution in [3.8, 4) is 0 Å². The van der Waals surface area contributed by atoms with Crippen molar-refractivity contribution in [2.75, 3.05) is 13.7 Å². The summed E-state index contributed by atoms with van der Waals surface area (Å²) in [7, 11) is 1.40. The Balaban J connectivity index is 2.61. The van der Waals surface area contributed by atoms with E-state index in [0.29, 0.717) is 5.56 Å². The lowest BCUT2D eigenvalue weighted by atomic mass is 10.1. The van der Waals surface area contributed by atoms with Crippen LogP contribution >= 0.6 is 0 Å². The number of hydrogen-bond donors (Lipinski definition) is 2. The first-order chi connectivity index (χ1) is 8.84. The van der Waals surface area contributed by atoms with Gasteiger partial charge in [-0.1, -0.05) is 12.1 Å². The van der Waals surface area contributed by atoms with Gasteiger partial charge in [-0.15, -0.1) is 0 Å². The van der Waals surface area contributed by atoms with Crippen LogP contribution in [-0.2, 0) is 22.3 Å². The summed E-state index contributed by atoms with van der Waals surface area (Å²) >= 11 is 0. The van der Waals surface area contributed by atoms with Crippen molar-refractivity contribution in [2.45, 2.75) is 18.8 Å². The Hall–Kier alpha value is -1.60. The topological polar surface area (TPSA) is 64.3 Å². The molecule has 19 heavy (non-hydrogen) atoms. The Kier molecular flexibility index (Phi) is 5.31. The first kappa shape index (κ1) is 15.5. The van der Waals surface area contributed by atoms with Gasteiger partial charge in [0.1, 0.15) is 6.04 Å². The third kappa shape index (κ3) is 4.88. The Morgan fingerprint density at radius 1 is 1.47 bits per heavy atom. The summed E-state index contributed by atoms with van der Waals surface area (Å²) in [5.41, 5.74) is 5.08. The van der Waals surface area contributed by atoms with Gasteiger partial charge in [0.25, 0.3) is 0 Å². The van der Waals surface area contributed by atoms with Crippen LogP contribution in [0.2, 0.25) is 0 Å². The standard InChI is InChI=1S/C12H15F3N2O2/c1-19-7-10(16)11(18)17-6-8-3-2-4-9(5-8)12(13,14)15/h2-5,10H,6-7,16H2,1H3,(H,17,18). The number of nitrogens with two attached hydrogens (primary N) is 1. The molecule has 7 heteroatoms. The van der Waals surface area contributed by atoms with Crippen molar-refractivity contribution in [1.29, 1.82) is 0 Å². The van der Waals surface area contributed by atoms with Gasteiger partial charge < -0.3 is 15.8 Å². The van der Waals surface area contributed by atoms with Gasteiger partial charge in [-0.25, -0.2) is 0 Å². The van der Waals surface area contributed by atoms with Crippen molar-refractivity contribution in [3.05, 3.63) is 35.4 Å². The molecule has 0 spiro atoms. The number of methoxy groups -OCH3 is 1. The monoisotopic (exact) mass is 276 g/mol. The molecule has 0 radical (unpaired) electrons. The van der Waals surface area contributed by atoms with E-state index in [2.05, 4.69) is 5.32 Å². The molecule has 0 aliphatic heterocycles. The molecule has 106 valence electrons. The second kappa shape index (κ2) is 6.53. The normalized spacial score (nSPS) is 13.1. The number of rotatable bonds is 5. The van der Waals surface area contributed by atoms with Crippen LogP contribution in [0.15, 0.2) is 24.3 Å². The summed E-state index contributed by atoms with van der Waals surface area (Å²) < 4.78 is 42.1. The highest BCUT2D eigenvalue weighted by molar-refractivity contribution is 5.81. The quantitative estimate of drug-likeness (QED) is 0.852. The molecule has 0 fully saturated rings. The van der Waals surface area contributed by atoms with Crippen LogP contribution in [0.1, 0.15) is 11.1 Å². The van der Waals surface area contributed by atoms with Crippen molar-refractivity contribution in [2.24, 2.45) is 5.73 Å². The summed E-state index contributed by atoms with van der Waals surface area (Å²) in [5, 5.41) is 2.45. The molecule has 0 saturated heterocycles. The smallest absolute Gasteiger partial charge is 0.383 e. The summed E-state index contributed by atoms with van der Waals surface area (Å²) in [6, 6.07) is 3.91. The Bertz CT molecular complexity index is 435. The maximum absolute atomic E-state index is 12.5. The number of carbonyl (C=O) groups excluding carboxylic acids is 1. The highest BCUT2D eigenvalue weighted by atomic mass is 19.4. The van der Waals surface area contributed by atoms with Gasteiger partial charge in [0, 0.05) is 13.7 Å². The first-order valence-corrected chi connectivity index (χ1v) is 5.53. The number of nitrogens with one attached hydrogen (secondary N) is 1. The second-order valence-corrected chi connectivity index (χ2v) is 3.98. The molecule has 0 aromatic heterocycles. The largest absolute Gasteiger partial charge is 0.416 e. The van der Waals surface area contributed by atoms with Gasteiger partial charge >= 0.3 is 6.18 Å². The highest BCUT2D eigenvalue weighted by Crippen LogP contribution is 2.29. The fraction of sp³-hybridized carbons (Fsp3) is 0.417. The van der Waals surface area contributed by atoms with Gasteiger partial charge in [-0.3, -0.25) is 4.79 Å². The molecule has 0 aliphatic rings. The summed E-state index contributed by atoms with van der Waals surface area (Å²) in [6.07, 6.45) is -4.40. The van der Waals surface area contributed by atoms with E-state index in [0.717, 1.165) is 12.1 Å². The lowest BCUT2D eigenvalue weighted by molar-refractivity contribution is -0.137. The van der Waals surface area contributed by atoms with Gasteiger partial charge in [-0.2, -0.15) is 13.2 Å². The zero-order valence-corrected chi connectivity index (χ0v) is 10.3. The summed E-state index contributed by atoms with van der Waals surface area (Å²) in [5.74, 6) is -0.473. The Morgan fingerprint density at radius 2 is 2.16 bits per heavy atom. The van der Waals surface area contributed by atoms with E-state index in [1.807, 2.05) is 0 Å². The number of benzene rings is 1. The Morgan fingerprint density at radius 3 is 2.74 bits per heavy atom. The van der Waals surface area contributed by atoms with Gasteiger partial charge in [0.05, 0.1) is 12.2 Å². The number of ether oxygens (including phenoxy) is 1. The van der Waals surface area contributed by atoms with Crippen molar-refractivity contribution < 1.29 is 22.7 Å². The maximum atomic E-state index is 12.5. The summed E-state index contributed by atoms with van der Waals surface area (Å²) in [4.78, 5) is 11.4. The minimum Gasteiger partial charge on any atom is -0.383 e. The molecule has 1 aromatic rings. The molecule has 1 atom stereocenters. The zero-order valence-electron chi connectivity index (χ0n) is 10.3. The lowest BCUT2D eigenvalue weighted by Crippen LogP contribution is -2.43. The number of alkyl halides is 3. The molecule has 4 nitrogen and oxygen atoms in total. The van der Waals surface area contributed by atoms with Crippen LogP contribution in [0.4, 0.5) is 13.2 Å². The van der Waals surface area contributed by atoms with Crippen LogP contribution < -0.4 is 11.1 Å². The van der Waals surface area contributed by atoms with E-state index < -0.39 is 23.7 Å². The fourth-order valence-corrected chi connectivity index (χ4v) is 1.43. The van der Waals surface area contributed by atoms with E-state index >= 15 is 0 Å². The highest BCUT2D eigenvalue weighted by Gasteiger charge is 2.30. The van der Waals surface area contributed by atoms with E-state index in [-0.39, 0.29) is 13.2 Å². The van der Waals surface area contributed by atoms with Crippen LogP contribution in [0, 0.1) is 0 Å². The van der Waals surface area contributed by atoms with Crippen molar-refractivity contribution in [3.63, 3.8) is 0 Å². The predicted molar refractivity (Wildman–Crippen MR) is 63.1 cm³/mol. The van der Waals surface area contributed by atoms with E-state index in [1.54, 1.807) is 0 Å². The zero-order chi connectivity index (χ0) is 14.5. The van der Waals surface area contributed by atoms with E-state index in [9.17, 15) is 18.0 Å². The molecule has 0 heterocycles. The van der Waals surface area contributed by atoms with Gasteiger partial charge in [-0.05, 0) is 17.7 Å². The average molecular weight is 276 g/mol. The third-order valence-corrected chi connectivity index (χ3v) is 2.40. The molecule has 1 rings (SSSR count). The number of hydrogen-bond acceptors (Lipinski definition) is 3. The van der Waals surface area contributed by atoms with Gasteiger partial charge in [0.15, 0.2) is 0 Å². The van der Waals surface area contributed by atoms with E-state index in [1.165, 1.54) is 19.2 Å².